The lowest BCUT2D eigenvalue weighted by molar-refractivity contribution is -0.133. The van der Waals surface area contributed by atoms with E-state index in [1.807, 2.05) is 6.07 Å². The van der Waals surface area contributed by atoms with Crippen LogP contribution in [0.4, 0.5) is 0 Å². The second kappa shape index (κ2) is 5.02. The molecule has 2 aromatic rings. The zero-order chi connectivity index (χ0) is 11.2. The molecular weight excluding hydrogens is 204 g/mol. The van der Waals surface area contributed by atoms with Gasteiger partial charge in [-0.25, -0.2) is 4.98 Å². The molecule has 0 aliphatic rings. The molecule has 0 unspecified atom stereocenters. The summed E-state index contributed by atoms with van der Waals surface area (Å²) in [5.41, 5.74) is 0.684. The molecule has 2 heterocycles. The zero-order valence-corrected chi connectivity index (χ0v) is 8.54. The van der Waals surface area contributed by atoms with Crippen molar-refractivity contribution in [1.29, 1.82) is 0 Å². The Morgan fingerprint density at radius 2 is 1.81 bits per heavy atom. The fraction of sp³-hybridized carbons (Fsp3) is 0.0833. The van der Waals surface area contributed by atoms with Gasteiger partial charge >= 0.3 is 5.97 Å². The van der Waals surface area contributed by atoms with Crippen molar-refractivity contribution in [2.75, 3.05) is 0 Å². The molecule has 0 aliphatic carbocycles. The number of ether oxygens (including phenoxy) is 1. The maximum absolute atomic E-state index is 11.5. The van der Waals surface area contributed by atoms with Gasteiger partial charge in [-0.05, 0) is 18.2 Å². The summed E-state index contributed by atoms with van der Waals surface area (Å²) in [5, 5.41) is 0. The summed E-state index contributed by atoms with van der Waals surface area (Å²) in [7, 11) is 0. The SMILES string of the molecule is O=C(Cc1ccccn1)Oc1ccccn1. The number of rotatable bonds is 3. The third-order valence-corrected chi connectivity index (χ3v) is 1.91. The van der Waals surface area contributed by atoms with Crippen LogP contribution in [0.3, 0.4) is 0 Å². The monoisotopic (exact) mass is 214 g/mol. The van der Waals surface area contributed by atoms with Crippen LogP contribution >= 0.6 is 0 Å². The number of esters is 1. The van der Waals surface area contributed by atoms with E-state index < -0.39 is 0 Å². The van der Waals surface area contributed by atoms with Gasteiger partial charge in [-0.2, -0.15) is 0 Å². The predicted molar refractivity (Wildman–Crippen MR) is 57.8 cm³/mol. The smallest absolute Gasteiger partial charge is 0.318 e. The Morgan fingerprint density at radius 3 is 2.44 bits per heavy atom. The van der Waals surface area contributed by atoms with E-state index in [4.69, 9.17) is 4.74 Å². The Kier molecular flexibility index (Phi) is 3.23. The van der Waals surface area contributed by atoms with Crippen molar-refractivity contribution >= 4 is 5.97 Å². The second-order valence-electron chi connectivity index (χ2n) is 3.14. The topological polar surface area (TPSA) is 52.1 Å². The van der Waals surface area contributed by atoms with Crippen molar-refractivity contribution in [3.63, 3.8) is 0 Å². The number of hydrogen-bond donors (Lipinski definition) is 0. The normalized spacial score (nSPS) is 9.75. The van der Waals surface area contributed by atoms with Gasteiger partial charge in [0.25, 0.3) is 0 Å². The molecule has 0 radical (unpaired) electrons. The van der Waals surface area contributed by atoms with Gasteiger partial charge in [-0.15, -0.1) is 0 Å². The molecule has 0 atom stereocenters. The molecule has 4 nitrogen and oxygen atoms in total. The van der Waals surface area contributed by atoms with E-state index in [2.05, 4.69) is 9.97 Å². The largest absolute Gasteiger partial charge is 0.407 e. The van der Waals surface area contributed by atoms with Gasteiger partial charge in [0, 0.05) is 18.5 Å². The number of nitrogens with zero attached hydrogens (tertiary/aromatic N) is 2. The first-order chi connectivity index (χ1) is 7.84. The van der Waals surface area contributed by atoms with Crippen molar-refractivity contribution in [3.05, 3.63) is 54.5 Å². The minimum absolute atomic E-state index is 0.150. The summed E-state index contributed by atoms with van der Waals surface area (Å²) in [4.78, 5) is 19.4. The first kappa shape index (κ1) is 10.3. The molecule has 2 rings (SSSR count). The molecule has 0 saturated heterocycles. The summed E-state index contributed by atoms with van der Waals surface area (Å²) in [6.07, 6.45) is 3.37. The van der Waals surface area contributed by atoms with Crippen LogP contribution < -0.4 is 4.74 Å². The summed E-state index contributed by atoms with van der Waals surface area (Å²) < 4.78 is 5.03. The molecule has 0 aromatic carbocycles. The van der Waals surface area contributed by atoms with Crippen LogP contribution in [0.1, 0.15) is 5.69 Å². The van der Waals surface area contributed by atoms with Crippen molar-refractivity contribution in [3.8, 4) is 5.88 Å². The maximum Gasteiger partial charge on any atom is 0.318 e. The van der Waals surface area contributed by atoms with E-state index in [0.717, 1.165) is 0 Å². The van der Waals surface area contributed by atoms with E-state index in [1.165, 1.54) is 0 Å². The highest BCUT2D eigenvalue weighted by Crippen LogP contribution is 2.05. The molecule has 0 saturated carbocycles. The Morgan fingerprint density at radius 1 is 1.06 bits per heavy atom. The Bertz CT molecular complexity index is 413. The van der Waals surface area contributed by atoms with Crippen LogP contribution in [0.25, 0.3) is 0 Å². The van der Waals surface area contributed by atoms with Crippen molar-refractivity contribution < 1.29 is 9.53 Å². The van der Waals surface area contributed by atoms with E-state index in [0.29, 0.717) is 11.6 Å². The minimum Gasteiger partial charge on any atom is -0.407 e. The zero-order valence-electron chi connectivity index (χ0n) is 8.54. The summed E-state index contributed by atoms with van der Waals surface area (Å²) in [6.45, 7) is 0. The average Bonchev–Trinajstić information content (AvgIpc) is 2.31. The lowest BCUT2D eigenvalue weighted by Crippen LogP contribution is -2.12. The molecule has 0 spiro atoms. The predicted octanol–water partition coefficient (Wildman–Crippen LogP) is 1.62. The average molecular weight is 214 g/mol. The second-order valence-corrected chi connectivity index (χ2v) is 3.14. The quantitative estimate of drug-likeness (QED) is 0.728. The van der Waals surface area contributed by atoms with Crippen molar-refractivity contribution in [2.24, 2.45) is 0 Å². The van der Waals surface area contributed by atoms with Crippen LogP contribution in [0, 0.1) is 0 Å². The van der Waals surface area contributed by atoms with Crippen LogP contribution in [-0.2, 0) is 11.2 Å². The van der Waals surface area contributed by atoms with Crippen LogP contribution in [0.15, 0.2) is 48.8 Å². The number of hydrogen-bond acceptors (Lipinski definition) is 4. The lowest BCUT2D eigenvalue weighted by atomic mass is 10.3. The molecule has 0 fully saturated rings. The number of aromatic nitrogens is 2. The molecule has 0 aliphatic heterocycles. The first-order valence-corrected chi connectivity index (χ1v) is 4.86. The number of carbonyl (C=O) groups excluding carboxylic acids is 1. The molecule has 0 bridgehead atoms. The maximum atomic E-state index is 11.5. The molecule has 0 N–H and O–H groups in total. The third kappa shape index (κ3) is 2.88. The molecule has 80 valence electrons. The van der Waals surface area contributed by atoms with Gasteiger partial charge in [-0.3, -0.25) is 9.78 Å². The highest BCUT2D eigenvalue weighted by atomic mass is 16.5. The molecule has 2 aromatic heterocycles. The molecule has 0 amide bonds. The molecule has 16 heavy (non-hydrogen) atoms. The standard InChI is InChI=1S/C12H10N2O2/c15-12(9-10-5-1-3-7-13-10)16-11-6-2-4-8-14-11/h1-8H,9H2. The van der Waals surface area contributed by atoms with Gasteiger partial charge in [0.05, 0.1) is 12.1 Å². The summed E-state index contributed by atoms with van der Waals surface area (Å²) in [5.74, 6) is -0.0548. The van der Waals surface area contributed by atoms with Gasteiger partial charge < -0.3 is 4.74 Å². The van der Waals surface area contributed by atoms with E-state index in [1.54, 1.807) is 42.7 Å². The third-order valence-electron chi connectivity index (χ3n) is 1.91. The van der Waals surface area contributed by atoms with Gasteiger partial charge in [-0.1, -0.05) is 12.1 Å². The fourth-order valence-corrected chi connectivity index (χ4v) is 1.21. The van der Waals surface area contributed by atoms with Gasteiger partial charge in [0.2, 0.25) is 5.88 Å². The van der Waals surface area contributed by atoms with Crippen molar-refractivity contribution in [2.45, 2.75) is 6.42 Å². The summed E-state index contributed by atoms with van der Waals surface area (Å²) in [6, 6.07) is 10.6. The summed E-state index contributed by atoms with van der Waals surface area (Å²) >= 11 is 0. The van der Waals surface area contributed by atoms with Crippen LogP contribution in [-0.4, -0.2) is 15.9 Å². The van der Waals surface area contributed by atoms with E-state index in [-0.39, 0.29) is 12.4 Å². The Hall–Kier alpha value is -2.23. The van der Waals surface area contributed by atoms with E-state index >= 15 is 0 Å². The van der Waals surface area contributed by atoms with Crippen LogP contribution in [0.2, 0.25) is 0 Å². The highest BCUT2D eigenvalue weighted by Gasteiger charge is 2.07. The molecular formula is C12H10N2O2. The van der Waals surface area contributed by atoms with Gasteiger partial charge in [0.1, 0.15) is 0 Å². The Balaban J connectivity index is 1.95. The minimum atomic E-state index is -0.364. The first-order valence-electron chi connectivity index (χ1n) is 4.86. The Labute approximate surface area is 92.9 Å². The lowest BCUT2D eigenvalue weighted by Gasteiger charge is -2.01. The van der Waals surface area contributed by atoms with E-state index in [9.17, 15) is 4.79 Å². The fourth-order valence-electron chi connectivity index (χ4n) is 1.21. The van der Waals surface area contributed by atoms with Crippen LogP contribution in [0.5, 0.6) is 5.88 Å². The van der Waals surface area contributed by atoms with Gasteiger partial charge in [0.15, 0.2) is 0 Å². The number of pyridine rings is 2. The number of carbonyl (C=O) groups is 1. The highest BCUT2D eigenvalue weighted by molar-refractivity contribution is 5.74. The molecule has 4 heteroatoms. The van der Waals surface area contributed by atoms with Crippen molar-refractivity contribution in [1.82, 2.24) is 9.97 Å².